The Morgan fingerprint density at radius 2 is 1.72 bits per heavy atom. The highest BCUT2D eigenvalue weighted by atomic mass is 16.7. The lowest BCUT2D eigenvalue weighted by Crippen LogP contribution is -2.61. The number of benzene rings is 1. The fraction of sp³-hybridized carbons (Fsp3) is 0.714. The van der Waals surface area contributed by atoms with Gasteiger partial charge in [-0.1, -0.05) is 34.3 Å². The van der Waals surface area contributed by atoms with E-state index in [0.717, 1.165) is 0 Å². The number of hydrogen-bond donors (Lipinski definition) is 2. The number of hydrogen-bond acceptors (Lipinski definition) is 14. The molecule has 16 nitrogen and oxygen atoms in total. The first kappa shape index (κ1) is 47.0. The average Bonchev–Trinajstić information content (AvgIpc) is 3.16. The summed E-state index contributed by atoms with van der Waals surface area (Å²) in [4.78, 5) is 58.3. The van der Waals surface area contributed by atoms with Gasteiger partial charge in [-0.05, 0) is 84.7 Å². The van der Waals surface area contributed by atoms with Crippen LogP contribution in [0.1, 0.15) is 91.9 Å². The van der Waals surface area contributed by atoms with Crippen LogP contribution in [-0.4, -0.2) is 131 Å². The molecule has 14 atom stereocenters. The lowest BCUT2D eigenvalue weighted by molar-refractivity contribution is -0.384. The Morgan fingerprint density at radius 3 is 2.29 bits per heavy atom. The largest absolute Gasteiger partial charge is 0.459 e. The maximum atomic E-state index is 14.4. The Labute approximate surface area is 341 Å². The van der Waals surface area contributed by atoms with Crippen LogP contribution in [0.25, 0.3) is 0 Å². The summed E-state index contributed by atoms with van der Waals surface area (Å²) in [5.41, 5.74) is -2.51. The first-order valence-corrected chi connectivity index (χ1v) is 20.1. The lowest BCUT2D eigenvalue weighted by Gasteiger charge is -2.49. The molecule has 0 unspecified atom stereocenters. The third-order valence-electron chi connectivity index (χ3n) is 11.9. The zero-order valence-corrected chi connectivity index (χ0v) is 35.7. The van der Waals surface area contributed by atoms with Crippen molar-refractivity contribution in [2.75, 3.05) is 27.3 Å². The summed E-state index contributed by atoms with van der Waals surface area (Å²) in [6, 6.07) is 4.52. The summed E-state index contributed by atoms with van der Waals surface area (Å²) < 4.78 is 38.8. The highest BCUT2D eigenvalue weighted by Gasteiger charge is 2.54. The van der Waals surface area contributed by atoms with Crippen LogP contribution in [0.5, 0.6) is 0 Å². The highest BCUT2D eigenvalue weighted by Crippen LogP contribution is 2.42. The molecule has 2 N–H and O–H groups in total. The Hall–Kier alpha value is -3.64. The Balaban J connectivity index is 2.00. The van der Waals surface area contributed by atoms with Gasteiger partial charge in [-0.15, -0.1) is 0 Å². The van der Waals surface area contributed by atoms with Gasteiger partial charge in [-0.2, -0.15) is 0 Å². The molecule has 324 valence electrons. The summed E-state index contributed by atoms with van der Waals surface area (Å²) >= 11 is 0. The van der Waals surface area contributed by atoms with Crippen LogP contribution in [0.3, 0.4) is 0 Å². The van der Waals surface area contributed by atoms with E-state index in [1.54, 1.807) is 34.6 Å². The normalized spacial score (nSPS) is 38.9. The van der Waals surface area contributed by atoms with Crippen molar-refractivity contribution in [3.8, 4) is 0 Å². The molecule has 58 heavy (non-hydrogen) atoms. The molecule has 3 aliphatic heterocycles. The van der Waals surface area contributed by atoms with Crippen molar-refractivity contribution in [1.82, 2.24) is 4.90 Å². The van der Waals surface area contributed by atoms with Crippen LogP contribution >= 0.6 is 0 Å². The number of non-ortho nitro benzene ring substituents is 1. The van der Waals surface area contributed by atoms with Crippen molar-refractivity contribution in [2.45, 2.75) is 142 Å². The number of ether oxygens (including phenoxy) is 6. The molecule has 0 aliphatic carbocycles. The number of amides is 1. The van der Waals surface area contributed by atoms with Crippen molar-refractivity contribution in [2.24, 2.45) is 28.7 Å². The Kier molecular flexibility index (Phi) is 15.5. The van der Waals surface area contributed by atoms with Gasteiger partial charge in [0.15, 0.2) is 6.29 Å². The summed E-state index contributed by atoms with van der Waals surface area (Å²) in [7, 11) is 3.70. The minimum absolute atomic E-state index is 0.00724. The SMILES string of the molecule is C=C1CO[C@@H]2[C@@H](C)C(=NC(C)=O)[C@H](C)C[C@@](C)(OC1)[C@H](O[C@@H]1O[C@H](C)C[C@H](N(C)C)[C@H]1O)[C@@H](C)[C@H](OC(=O)c1ccc([N+](=O)[O-])cc1)[C@@H](C)C(=O)O[C@H](CC)[C@@]2(C)O. The van der Waals surface area contributed by atoms with E-state index in [0.29, 0.717) is 17.7 Å². The molecule has 3 saturated heterocycles. The van der Waals surface area contributed by atoms with E-state index in [4.69, 9.17) is 28.4 Å². The lowest BCUT2D eigenvalue weighted by atomic mass is 9.73. The van der Waals surface area contributed by atoms with E-state index in [-0.39, 0.29) is 49.5 Å². The number of nitrogens with zero attached hydrogens (tertiary/aromatic N) is 3. The van der Waals surface area contributed by atoms with Gasteiger partial charge in [0.2, 0.25) is 5.91 Å². The first-order chi connectivity index (χ1) is 27.0. The minimum Gasteiger partial charge on any atom is -0.459 e. The van der Waals surface area contributed by atoms with Crippen LogP contribution in [0.15, 0.2) is 41.4 Å². The summed E-state index contributed by atoms with van der Waals surface area (Å²) in [5.74, 6) is -5.46. The molecule has 2 bridgehead atoms. The smallest absolute Gasteiger partial charge is 0.338 e. The minimum atomic E-state index is -1.83. The van der Waals surface area contributed by atoms with Gasteiger partial charge in [-0.3, -0.25) is 19.7 Å². The third-order valence-corrected chi connectivity index (χ3v) is 11.9. The molecule has 3 aliphatic rings. The van der Waals surface area contributed by atoms with Gasteiger partial charge in [0.25, 0.3) is 5.69 Å². The second-order valence-corrected chi connectivity index (χ2v) is 17.0. The van der Waals surface area contributed by atoms with Gasteiger partial charge < -0.3 is 43.5 Å². The molecule has 1 amide bonds. The fourth-order valence-corrected chi connectivity index (χ4v) is 8.85. The number of aliphatic hydroxyl groups is 2. The molecular formula is C42H63N3O13. The number of rotatable bonds is 7. The topological polar surface area (TPSA) is 206 Å². The number of carbonyl (C=O) groups is 3. The van der Waals surface area contributed by atoms with Gasteiger partial charge in [-0.25, -0.2) is 9.79 Å². The van der Waals surface area contributed by atoms with E-state index in [9.17, 15) is 34.7 Å². The molecule has 3 heterocycles. The zero-order chi connectivity index (χ0) is 43.4. The van der Waals surface area contributed by atoms with Gasteiger partial charge in [0, 0.05) is 42.6 Å². The van der Waals surface area contributed by atoms with Crippen LogP contribution in [0.2, 0.25) is 0 Å². The van der Waals surface area contributed by atoms with Gasteiger partial charge >= 0.3 is 11.9 Å². The number of aliphatic imine (C=N–C) groups is 1. The van der Waals surface area contributed by atoms with Crippen LogP contribution in [-0.2, 0) is 38.0 Å². The Morgan fingerprint density at radius 1 is 1.09 bits per heavy atom. The molecular weight excluding hydrogens is 754 g/mol. The predicted molar refractivity (Wildman–Crippen MR) is 213 cm³/mol. The number of fused-ring (bicyclic) bond motifs is 5. The van der Waals surface area contributed by atoms with Gasteiger partial charge in [0.05, 0.1) is 53.5 Å². The third kappa shape index (κ3) is 10.6. The van der Waals surface area contributed by atoms with Crippen molar-refractivity contribution in [1.29, 1.82) is 0 Å². The maximum absolute atomic E-state index is 14.4. The van der Waals surface area contributed by atoms with E-state index in [1.165, 1.54) is 38.1 Å². The zero-order valence-electron chi connectivity index (χ0n) is 35.7. The molecule has 16 heteroatoms. The summed E-state index contributed by atoms with van der Waals surface area (Å²) in [5, 5.41) is 35.5. The van der Waals surface area contributed by atoms with Crippen molar-refractivity contribution < 1.29 is 57.9 Å². The van der Waals surface area contributed by atoms with Crippen molar-refractivity contribution >= 4 is 29.2 Å². The number of carbonyl (C=O) groups excluding carboxylic acids is 3. The van der Waals surface area contributed by atoms with E-state index in [2.05, 4.69) is 11.6 Å². The molecule has 0 saturated carbocycles. The molecule has 4 rings (SSSR count). The van der Waals surface area contributed by atoms with Crippen molar-refractivity contribution in [3.05, 3.63) is 52.1 Å². The highest BCUT2D eigenvalue weighted by molar-refractivity contribution is 5.98. The first-order valence-electron chi connectivity index (χ1n) is 20.1. The van der Waals surface area contributed by atoms with Gasteiger partial charge in [0.1, 0.15) is 23.9 Å². The van der Waals surface area contributed by atoms with E-state index < -0.39 is 94.5 Å². The molecule has 3 fully saturated rings. The summed E-state index contributed by atoms with van der Waals surface area (Å²) in [6.07, 6.45) is -6.46. The number of nitro groups is 1. The van der Waals surface area contributed by atoms with Crippen LogP contribution in [0, 0.1) is 33.8 Å². The second kappa shape index (κ2) is 19.2. The molecule has 0 radical (unpaired) electrons. The molecule has 1 aromatic rings. The fourth-order valence-electron chi connectivity index (χ4n) is 8.85. The molecule has 0 spiro atoms. The quantitative estimate of drug-likeness (QED) is 0.166. The summed E-state index contributed by atoms with van der Waals surface area (Å²) in [6.45, 7) is 19.3. The second-order valence-electron chi connectivity index (χ2n) is 17.0. The number of likely N-dealkylation sites (N-methyl/N-ethyl adjacent to an activating group) is 1. The predicted octanol–water partition coefficient (Wildman–Crippen LogP) is 4.67. The number of cyclic esters (lactones) is 1. The van der Waals surface area contributed by atoms with E-state index >= 15 is 0 Å². The molecule has 1 aromatic carbocycles. The number of esters is 2. The Bertz CT molecular complexity index is 1680. The van der Waals surface area contributed by atoms with E-state index in [1.807, 2.05) is 32.8 Å². The van der Waals surface area contributed by atoms with Crippen molar-refractivity contribution in [3.63, 3.8) is 0 Å². The van der Waals surface area contributed by atoms with Crippen LogP contribution < -0.4 is 0 Å². The average molecular weight is 818 g/mol. The number of aliphatic hydroxyl groups excluding tert-OH is 1. The monoisotopic (exact) mass is 817 g/mol. The molecule has 0 aromatic heterocycles. The number of nitro benzene ring substituents is 1. The maximum Gasteiger partial charge on any atom is 0.338 e. The van der Waals surface area contributed by atoms with Crippen LogP contribution in [0.4, 0.5) is 5.69 Å². The standard InChI is InChI=1S/C42H63N3O13/c1-13-32-42(10,50)37-25(5)33(43-28(8)46)23(3)19-41(9,54-21-22(2)20-53-37)36(58-40-34(47)31(44(11)12)18-24(4)55-40)26(6)35(27(7)38(48)56-32)57-39(49)29-14-16-30(17-15-29)45(51)52/h14-17,23-27,31-32,34-37,40,47,50H,2,13,18-21H2,1,3-12H3/t23-,24-,25+,26+,27-,31+,32-,34-,35+,36-,37-,40+,41-,42-/m1/s1.